The number of nitrogens with zero attached hydrogens (tertiary/aromatic N) is 2. The number of nitriles is 1. The molecule has 0 heterocycles. The van der Waals surface area contributed by atoms with Gasteiger partial charge < -0.3 is 14.4 Å². The van der Waals surface area contributed by atoms with Crippen LogP contribution < -0.4 is 4.74 Å². The second kappa shape index (κ2) is 7.30. The van der Waals surface area contributed by atoms with Gasteiger partial charge in [-0.1, -0.05) is 0 Å². The van der Waals surface area contributed by atoms with Gasteiger partial charge in [-0.25, -0.2) is 0 Å². The van der Waals surface area contributed by atoms with Crippen molar-refractivity contribution in [2.24, 2.45) is 0 Å². The molecule has 0 bridgehead atoms. The number of likely N-dealkylation sites (N-methyl/N-ethyl adjacent to an activating group) is 1. The molecule has 0 fully saturated rings. The molecule has 0 radical (unpaired) electrons. The van der Waals surface area contributed by atoms with Crippen LogP contribution in [-0.2, 0) is 9.53 Å². The van der Waals surface area contributed by atoms with Crippen molar-refractivity contribution >= 4 is 5.91 Å². The molecule has 1 aromatic rings. The fraction of sp³-hybridized carbons (Fsp3) is 0.385. The van der Waals surface area contributed by atoms with E-state index in [9.17, 15) is 4.79 Å². The molecule has 0 aliphatic heterocycles. The minimum atomic E-state index is -0.114. The van der Waals surface area contributed by atoms with Crippen LogP contribution in [0.2, 0.25) is 0 Å². The Morgan fingerprint density at radius 3 is 2.61 bits per heavy atom. The van der Waals surface area contributed by atoms with Crippen molar-refractivity contribution in [1.29, 1.82) is 5.26 Å². The van der Waals surface area contributed by atoms with E-state index in [-0.39, 0.29) is 12.5 Å². The average Bonchev–Trinajstić information content (AvgIpc) is 2.42. The Balaban J connectivity index is 2.39. The fourth-order valence-electron chi connectivity index (χ4n) is 1.23. The number of methoxy groups -OCH3 is 1. The highest BCUT2D eigenvalue weighted by atomic mass is 16.5. The van der Waals surface area contributed by atoms with Crippen molar-refractivity contribution in [3.8, 4) is 11.8 Å². The molecule has 0 saturated heterocycles. The van der Waals surface area contributed by atoms with E-state index in [1.807, 2.05) is 6.07 Å². The standard InChI is InChI=1S/C13H16N2O3/c1-15(7-8-17-2)13(16)10-18-12-5-3-11(9-14)4-6-12/h3-6H,7-8,10H2,1-2H3. The summed E-state index contributed by atoms with van der Waals surface area (Å²) in [7, 11) is 3.29. The van der Waals surface area contributed by atoms with Gasteiger partial charge in [0.1, 0.15) is 5.75 Å². The van der Waals surface area contributed by atoms with Crippen LogP contribution in [0.25, 0.3) is 0 Å². The highest BCUT2D eigenvalue weighted by Gasteiger charge is 2.08. The van der Waals surface area contributed by atoms with Crippen LogP contribution in [0.3, 0.4) is 0 Å². The van der Waals surface area contributed by atoms with Crippen LogP contribution in [0.5, 0.6) is 5.75 Å². The van der Waals surface area contributed by atoms with E-state index >= 15 is 0 Å². The summed E-state index contributed by atoms with van der Waals surface area (Å²) in [6.45, 7) is 1.01. The number of ether oxygens (including phenoxy) is 2. The minimum Gasteiger partial charge on any atom is -0.484 e. The molecule has 1 amide bonds. The SMILES string of the molecule is COCCN(C)C(=O)COc1ccc(C#N)cc1. The van der Waals surface area contributed by atoms with Crippen LogP contribution in [0.4, 0.5) is 0 Å². The largest absolute Gasteiger partial charge is 0.484 e. The molecule has 0 N–H and O–H groups in total. The van der Waals surface area contributed by atoms with E-state index in [4.69, 9.17) is 14.7 Å². The summed E-state index contributed by atoms with van der Waals surface area (Å²) < 4.78 is 10.2. The fourth-order valence-corrected chi connectivity index (χ4v) is 1.23. The zero-order chi connectivity index (χ0) is 13.4. The first kappa shape index (κ1) is 14.0. The maximum Gasteiger partial charge on any atom is 0.260 e. The van der Waals surface area contributed by atoms with E-state index in [0.29, 0.717) is 24.5 Å². The number of rotatable bonds is 6. The highest BCUT2D eigenvalue weighted by Crippen LogP contribution is 2.11. The summed E-state index contributed by atoms with van der Waals surface area (Å²) in [5, 5.41) is 8.64. The smallest absolute Gasteiger partial charge is 0.260 e. The zero-order valence-electron chi connectivity index (χ0n) is 10.5. The second-order valence-corrected chi connectivity index (χ2v) is 3.73. The third-order valence-corrected chi connectivity index (χ3v) is 2.40. The van der Waals surface area contributed by atoms with Crippen LogP contribution in [0.1, 0.15) is 5.56 Å². The summed E-state index contributed by atoms with van der Waals surface area (Å²) in [6, 6.07) is 8.65. The Labute approximate surface area is 107 Å². The van der Waals surface area contributed by atoms with Crippen molar-refractivity contribution in [1.82, 2.24) is 4.90 Å². The summed E-state index contributed by atoms with van der Waals surface area (Å²) >= 11 is 0. The van der Waals surface area contributed by atoms with E-state index in [2.05, 4.69) is 0 Å². The van der Waals surface area contributed by atoms with Crippen molar-refractivity contribution < 1.29 is 14.3 Å². The van der Waals surface area contributed by atoms with E-state index in [0.717, 1.165) is 0 Å². The van der Waals surface area contributed by atoms with E-state index in [1.54, 1.807) is 43.3 Å². The number of carbonyl (C=O) groups excluding carboxylic acids is 1. The molecule has 0 aromatic heterocycles. The lowest BCUT2D eigenvalue weighted by Gasteiger charge is -2.16. The normalized spacial score (nSPS) is 9.61. The summed E-state index contributed by atoms with van der Waals surface area (Å²) in [6.07, 6.45) is 0. The first-order valence-corrected chi connectivity index (χ1v) is 5.53. The molecular formula is C13H16N2O3. The Morgan fingerprint density at radius 1 is 1.39 bits per heavy atom. The molecule has 0 unspecified atom stereocenters. The molecule has 0 saturated carbocycles. The first-order chi connectivity index (χ1) is 8.67. The molecule has 0 atom stereocenters. The van der Waals surface area contributed by atoms with Gasteiger partial charge in [0, 0.05) is 20.7 Å². The molecule has 0 aliphatic carbocycles. The Kier molecular flexibility index (Phi) is 5.68. The van der Waals surface area contributed by atoms with Gasteiger partial charge in [-0.2, -0.15) is 5.26 Å². The Hall–Kier alpha value is -2.06. The van der Waals surface area contributed by atoms with Crippen LogP contribution in [-0.4, -0.2) is 44.7 Å². The molecule has 96 valence electrons. The van der Waals surface area contributed by atoms with Gasteiger partial charge in [-0.05, 0) is 24.3 Å². The van der Waals surface area contributed by atoms with E-state index < -0.39 is 0 Å². The summed E-state index contributed by atoms with van der Waals surface area (Å²) in [5.74, 6) is 0.457. The highest BCUT2D eigenvalue weighted by molar-refractivity contribution is 5.77. The lowest BCUT2D eigenvalue weighted by Crippen LogP contribution is -2.33. The third kappa shape index (κ3) is 4.44. The lowest BCUT2D eigenvalue weighted by molar-refractivity contribution is -0.132. The van der Waals surface area contributed by atoms with Crippen LogP contribution in [0.15, 0.2) is 24.3 Å². The number of amides is 1. The number of hydrogen-bond donors (Lipinski definition) is 0. The molecule has 5 nitrogen and oxygen atoms in total. The Morgan fingerprint density at radius 2 is 2.06 bits per heavy atom. The summed E-state index contributed by atoms with van der Waals surface area (Å²) in [4.78, 5) is 13.2. The molecule has 0 aliphatic rings. The predicted molar refractivity (Wildman–Crippen MR) is 66.2 cm³/mol. The van der Waals surface area contributed by atoms with Crippen molar-refractivity contribution in [2.75, 3.05) is 33.9 Å². The van der Waals surface area contributed by atoms with Crippen molar-refractivity contribution in [3.63, 3.8) is 0 Å². The van der Waals surface area contributed by atoms with Gasteiger partial charge in [0.2, 0.25) is 0 Å². The molecule has 0 spiro atoms. The Bertz CT molecular complexity index is 423. The minimum absolute atomic E-state index is 0.0217. The van der Waals surface area contributed by atoms with Gasteiger partial charge in [0.25, 0.3) is 5.91 Å². The summed E-state index contributed by atoms with van der Waals surface area (Å²) in [5.41, 5.74) is 0.561. The zero-order valence-corrected chi connectivity index (χ0v) is 10.5. The van der Waals surface area contributed by atoms with Gasteiger partial charge in [-0.15, -0.1) is 0 Å². The van der Waals surface area contributed by atoms with Crippen LogP contribution in [0, 0.1) is 11.3 Å². The quantitative estimate of drug-likeness (QED) is 0.754. The van der Waals surface area contributed by atoms with Gasteiger partial charge in [-0.3, -0.25) is 4.79 Å². The van der Waals surface area contributed by atoms with Crippen LogP contribution >= 0.6 is 0 Å². The molecule has 5 heteroatoms. The lowest BCUT2D eigenvalue weighted by atomic mass is 10.2. The van der Waals surface area contributed by atoms with Gasteiger partial charge in [0.05, 0.1) is 18.2 Å². The third-order valence-electron chi connectivity index (χ3n) is 2.40. The van der Waals surface area contributed by atoms with Gasteiger partial charge in [0.15, 0.2) is 6.61 Å². The second-order valence-electron chi connectivity index (χ2n) is 3.73. The topological polar surface area (TPSA) is 62.6 Å². The number of benzene rings is 1. The monoisotopic (exact) mass is 248 g/mol. The van der Waals surface area contributed by atoms with E-state index in [1.165, 1.54) is 0 Å². The van der Waals surface area contributed by atoms with Crippen molar-refractivity contribution in [2.45, 2.75) is 0 Å². The maximum atomic E-state index is 11.6. The predicted octanol–water partition coefficient (Wildman–Crippen LogP) is 1.04. The average molecular weight is 248 g/mol. The van der Waals surface area contributed by atoms with Crippen molar-refractivity contribution in [3.05, 3.63) is 29.8 Å². The van der Waals surface area contributed by atoms with Gasteiger partial charge >= 0.3 is 0 Å². The first-order valence-electron chi connectivity index (χ1n) is 5.53. The maximum absolute atomic E-state index is 11.6. The number of carbonyl (C=O) groups is 1. The molecule has 18 heavy (non-hydrogen) atoms. The number of hydrogen-bond acceptors (Lipinski definition) is 4. The molecular weight excluding hydrogens is 232 g/mol. The molecule has 1 rings (SSSR count). The molecule has 1 aromatic carbocycles.